The number of rotatable bonds is 10. The first-order valence-corrected chi connectivity index (χ1v) is 11.9. The number of carbonyl (C=O) groups is 2. The van der Waals surface area contributed by atoms with E-state index >= 15 is 0 Å². The summed E-state index contributed by atoms with van der Waals surface area (Å²) >= 11 is 1.53. The SMILES string of the molecule is O=C(CN(CC1CCCO1)C(=O)Cc1cccs1)N(Cc1ccc(F)cc1)Cc1ccco1. The number of halogens is 1. The quantitative estimate of drug-likeness (QED) is 0.444. The summed E-state index contributed by atoms with van der Waals surface area (Å²) in [6.45, 7) is 1.57. The van der Waals surface area contributed by atoms with E-state index in [0.29, 0.717) is 18.9 Å². The summed E-state index contributed by atoms with van der Waals surface area (Å²) in [7, 11) is 0. The standard InChI is InChI=1S/C25H27FN2O4S/c26-20-9-7-19(8-10-20)15-27(16-21-4-1-11-31-21)25(30)18-28(17-22-5-2-12-32-22)24(29)14-23-6-3-13-33-23/h1,3-4,6-11,13,22H,2,5,12,14-18H2. The molecule has 4 rings (SSSR count). The van der Waals surface area contributed by atoms with Gasteiger partial charge in [-0.05, 0) is 54.1 Å². The molecule has 0 bridgehead atoms. The molecule has 1 saturated heterocycles. The van der Waals surface area contributed by atoms with Crippen molar-refractivity contribution >= 4 is 23.2 Å². The molecule has 1 aliphatic rings. The average molecular weight is 471 g/mol. The molecule has 174 valence electrons. The van der Waals surface area contributed by atoms with Crippen molar-refractivity contribution in [2.75, 3.05) is 19.7 Å². The Balaban J connectivity index is 1.49. The van der Waals surface area contributed by atoms with Gasteiger partial charge in [-0.25, -0.2) is 4.39 Å². The molecule has 3 aromatic rings. The minimum atomic E-state index is -0.329. The number of nitrogens with zero attached hydrogens (tertiary/aromatic N) is 2. The van der Waals surface area contributed by atoms with Crippen LogP contribution in [0, 0.1) is 5.82 Å². The Morgan fingerprint density at radius 2 is 1.88 bits per heavy atom. The fraction of sp³-hybridized carbons (Fsp3) is 0.360. The highest BCUT2D eigenvalue weighted by molar-refractivity contribution is 7.10. The molecule has 33 heavy (non-hydrogen) atoms. The lowest BCUT2D eigenvalue weighted by atomic mass is 10.2. The van der Waals surface area contributed by atoms with Crippen molar-refractivity contribution in [1.82, 2.24) is 9.80 Å². The van der Waals surface area contributed by atoms with Crippen LogP contribution in [0.2, 0.25) is 0 Å². The van der Waals surface area contributed by atoms with Crippen LogP contribution in [0.3, 0.4) is 0 Å². The minimum Gasteiger partial charge on any atom is -0.467 e. The van der Waals surface area contributed by atoms with Crippen LogP contribution in [0.5, 0.6) is 0 Å². The molecule has 6 nitrogen and oxygen atoms in total. The van der Waals surface area contributed by atoms with Crippen LogP contribution in [0.1, 0.15) is 29.0 Å². The molecule has 1 atom stereocenters. The highest BCUT2D eigenvalue weighted by Gasteiger charge is 2.27. The fourth-order valence-electron chi connectivity index (χ4n) is 3.86. The zero-order valence-electron chi connectivity index (χ0n) is 18.3. The lowest BCUT2D eigenvalue weighted by Gasteiger charge is -2.29. The van der Waals surface area contributed by atoms with Gasteiger partial charge in [0.05, 0.1) is 31.9 Å². The summed E-state index contributed by atoms with van der Waals surface area (Å²) in [6, 6.07) is 13.5. The van der Waals surface area contributed by atoms with E-state index in [1.54, 1.807) is 40.3 Å². The van der Waals surface area contributed by atoms with Crippen LogP contribution < -0.4 is 0 Å². The third-order valence-electron chi connectivity index (χ3n) is 5.60. The molecule has 1 aliphatic heterocycles. The molecule has 1 aromatic carbocycles. The van der Waals surface area contributed by atoms with Crippen LogP contribution in [-0.2, 0) is 33.8 Å². The number of hydrogen-bond donors (Lipinski definition) is 0. The van der Waals surface area contributed by atoms with E-state index in [1.807, 2.05) is 17.5 Å². The fourth-order valence-corrected chi connectivity index (χ4v) is 4.55. The third-order valence-corrected chi connectivity index (χ3v) is 6.47. The average Bonchev–Trinajstić information content (AvgIpc) is 3.58. The van der Waals surface area contributed by atoms with E-state index < -0.39 is 0 Å². The monoisotopic (exact) mass is 470 g/mol. The molecule has 0 aliphatic carbocycles. The summed E-state index contributed by atoms with van der Waals surface area (Å²) in [4.78, 5) is 30.7. The van der Waals surface area contributed by atoms with E-state index in [4.69, 9.17) is 9.15 Å². The van der Waals surface area contributed by atoms with Crippen molar-refractivity contribution in [3.63, 3.8) is 0 Å². The molecule has 1 unspecified atom stereocenters. The van der Waals surface area contributed by atoms with Crippen molar-refractivity contribution in [2.45, 2.75) is 38.5 Å². The zero-order valence-corrected chi connectivity index (χ0v) is 19.1. The first-order valence-electron chi connectivity index (χ1n) is 11.0. The summed E-state index contributed by atoms with van der Waals surface area (Å²) in [6.07, 6.45) is 3.60. The van der Waals surface area contributed by atoms with Gasteiger partial charge in [0.25, 0.3) is 0 Å². The predicted octanol–water partition coefficient (Wildman–Crippen LogP) is 4.26. The molecule has 3 heterocycles. The Morgan fingerprint density at radius 3 is 2.55 bits per heavy atom. The number of ether oxygens (including phenoxy) is 1. The molecule has 2 aromatic heterocycles. The summed E-state index contributed by atoms with van der Waals surface area (Å²) < 4.78 is 24.5. The van der Waals surface area contributed by atoms with Crippen LogP contribution in [0.25, 0.3) is 0 Å². The van der Waals surface area contributed by atoms with Crippen LogP contribution in [-0.4, -0.2) is 47.4 Å². The highest BCUT2D eigenvalue weighted by Crippen LogP contribution is 2.17. The predicted molar refractivity (Wildman–Crippen MR) is 123 cm³/mol. The van der Waals surface area contributed by atoms with Crippen LogP contribution in [0.15, 0.2) is 64.6 Å². The Kier molecular flexibility index (Phi) is 7.91. The maximum atomic E-state index is 13.4. The Hall–Kier alpha value is -2.97. The van der Waals surface area contributed by atoms with Gasteiger partial charge in [0.2, 0.25) is 11.8 Å². The van der Waals surface area contributed by atoms with Crippen LogP contribution in [0.4, 0.5) is 4.39 Å². The normalized spacial score (nSPS) is 15.5. The molecule has 0 N–H and O–H groups in total. The summed E-state index contributed by atoms with van der Waals surface area (Å²) in [5, 5.41) is 1.94. The second-order valence-corrected chi connectivity index (χ2v) is 9.15. The highest BCUT2D eigenvalue weighted by atomic mass is 32.1. The van der Waals surface area contributed by atoms with Crippen molar-refractivity contribution in [1.29, 1.82) is 0 Å². The van der Waals surface area contributed by atoms with E-state index in [9.17, 15) is 14.0 Å². The second-order valence-electron chi connectivity index (χ2n) is 8.12. The van der Waals surface area contributed by atoms with Gasteiger partial charge in [0, 0.05) is 24.6 Å². The maximum Gasteiger partial charge on any atom is 0.242 e. The number of furan rings is 1. The maximum absolute atomic E-state index is 13.4. The Morgan fingerprint density at radius 1 is 1.03 bits per heavy atom. The summed E-state index contributed by atoms with van der Waals surface area (Å²) in [5.41, 5.74) is 0.798. The number of thiophene rings is 1. The van der Waals surface area contributed by atoms with E-state index in [0.717, 1.165) is 23.3 Å². The molecule has 2 amide bonds. The molecule has 0 spiro atoms. The topological polar surface area (TPSA) is 63.0 Å². The molecular formula is C25H27FN2O4S. The summed E-state index contributed by atoms with van der Waals surface area (Å²) in [5.74, 6) is 0.0138. The number of hydrogen-bond acceptors (Lipinski definition) is 5. The zero-order chi connectivity index (χ0) is 23.0. The van der Waals surface area contributed by atoms with Crippen molar-refractivity contribution < 1.29 is 23.1 Å². The molecule has 0 radical (unpaired) electrons. The molecular weight excluding hydrogens is 443 g/mol. The minimum absolute atomic E-state index is 0.0496. The van der Waals surface area contributed by atoms with Gasteiger partial charge in [-0.1, -0.05) is 18.2 Å². The first-order chi connectivity index (χ1) is 16.1. The largest absolute Gasteiger partial charge is 0.467 e. The van der Waals surface area contributed by atoms with Gasteiger partial charge < -0.3 is 19.0 Å². The Labute approximate surface area is 196 Å². The third kappa shape index (κ3) is 6.76. The van der Waals surface area contributed by atoms with Gasteiger partial charge in [0.15, 0.2) is 0 Å². The van der Waals surface area contributed by atoms with Gasteiger partial charge in [0.1, 0.15) is 11.6 Å². The second kappa shape index (κ2) is 11.2. The van der Waals surface area contributed by atoms with Crippen LogP contribution >= 0.6 is 11.3 Å². The number of benzene rings is 1. The van der Waals surface area contributed by atoms with Gasteiger partial charge in [-0.15, -0.1) is 11.3 Å². The first kappa shape index (κ1) is 23.2. The molecule has 0 saturated carbocycles. The molecule has 1 fully saturated rings. The lowest BCUT2D eigenvalue weighted by molar-refractivity contribution is -0.142. The van der Waals surface area contributed by atoms with Crippen molar-refractivity contribution in [3.05, 3.63) is 82.2 Å². The molecule has 8 heteroatoms. The lowest BCUT2D eigenvalue weighted by Crippen LogP contribution is -2.45. The van der Waals surface area contributed by atoms with E-state index in [2.05, 4.69) is 0 Å². The van der Waals surface area contributed by atoms with Gasteiger partial charge in [-0.3, -0.25) is 9.59 Å². The number of amides is 2. The number of carbonyl (C=O) groups excluding carboxylic acids is 2. The van der Waals surface area contributed by atoms with E-state index in [-0.39, 0.29) is 49.8 Å². The van der Waals surface area contributed by atoms with Gasteiger partial charge in [-0.2, -0.15) is 0 Å². The van der Waals surface area contributed by atoms with Crippen molar-refractivity contribution in [3.8, 4) is 0 Å². The smallest absolute Gasteiger partial charge is 0.242 e. The van der Waals surface area contributed by atoms with Gasteiger partial charge >= 0.3 is 0 Å². The van der Waals surface area contributed by atoms with E-state index in [1.165, 1.54) is 23.5 Å². The Bertz CT molecular complexity index is 1020. The van der Waals surface area contributed by atoms with Crippen molar-refractivity contribution in [2.24, 2.45) is 0 Å².